The number of aryl methyl sites for hydroxylation is 1. The summed E-state index contributed by atoms with van der Waals surface area (Å²) in [4.78, 5) is 0. The zero-order valence-electron chi connectivity index (χ0n) is 16.9. The van der Waals surface area contributed by atoms with Gasteiger partial charge in [-0.2, -0.15) is 0 Å². The third-order valence-electron chi connectivity index (χ3n) is 5.49. The highest BCUT2D eigenvalue weighted by Crippen LogP contribution is 2.44. The molecule has 0 heterocycles. The lowest BCUT2D eigenvalue weighted by Gasteiger charge is -2.11. The van der Waals surface area contributed by atoms with Gasteiger partial charge in [0.05, 0.1) is 0 Å². The maximum Gasteiger partial charge on any atom is 0.194 e. The van der Waals surface area contributed by atoms with Crippen molar-refractivity contribution in [1.82, 2.24) is 0 Å². The van der Waals surface area contributed by atoms with Gasteiger partial charge in [-0.25, -0.2) is 13.2 Å². The Balaban J connectivity index is 1.62. The smallest absolute Gasteiger partial charge is 0.194 e. The molecule has 3 heteroatoms. The molecule has 0 aromatic heterocycles. The van der Waals surface area contributed by atoms with Crippen molar-refractivity contribution in [1.29, 1.82) is 0 Å². The van der Waals surface area contributed by atoms with Crippen LogP contribution in [0.2, 0.25) is 0 Å². The highest BCUT2D eigenvalue weighted by atomic mass is 19.2. The molecule has 0 unspecified atom stereocenters. The molecule has 1 fully saturated rings. The second kappa shape index (κ2) is 8.79. The van der Waals surface area contributed by atoms with E-state index >= 15 is 0 Å². The molecule has 0 saturated heterocycles. The Kier molecular flexibility index (Phi) is 5.95. The molecule has 0 radical (unpaired) electrons. The molecule has 0 amide bonds. The Morgan fingerprint density at radius 1 is 0.833 bits per heavy atom. The number of benzene rings is 3. The first-order valence-corrected chi connectivity index (χ1v) is 10.4. The van der Waals surface area contributed by atoms with Gasteiger partial charge < -0.3 is 0 Å². The molecule has 3 aromatic carbocycles. The van der Waals surface area contributed by atoms with Crippen LogP contribution in [-0.2, 0) is 6.42 Å². The van der Waals surface area contributed by atoms with Crippen LogP contribution in [0.5, 0.6) is 0 Å². The zero-order chi connectivity index (χ0) is 21.1. The van der Waals surface area contributed by atoms with Crippen LogP contribution in [0.3, 0.4) is 0 Å². The summed E-state index contributed by atoms with van der Waals surface area (Å²) in [5.41, 5.74) is 5.93. The molecule has 4 rings (SSSR count). The highest BCUT2D eigenvalue weighted by Gasteiger charge is 2.26. The number of halogens is 3. The van der Waals surface area contributed by atoms with E-state index in [2.05, 4.69) is 55.2 Å². The van der Waals surface area contributed by atoms with Crippen molar-refractivity contribution in [2.75, 3.05) is 0 Å². The van der Waals surface area contributed by atoms with E-state index in [1.54, 1.807) is 0 Å². The first kappa shape index (κ1) is 20.3. The van der Waals surface area contributed by atoms with Crippen LogP contribution in [-0.4, -0.2) is 0 Å². The normalized spacial score (nSPS) is 13.1. The third-order valence-corrected chi connectivity index (χ3v) is 5.49. The van der Waals surface area contributed by atoms with Crippen molar-refractivity contribution >= 4 is 0 Å². The molecule has 1 aliphatic rings. The van der Waals surface area contributed by atoms with Gasteiger partial charge in [-0.3, -0.25) is 0 Å². The molecule has 152 valence electrons. The molecule has 1 saturated carbocycles. The summed E-state index contributed by atoms with van der Waals surface area (Å²) in [6.45, 7) is 2.20. The lowest BCUT2D eigenvalue weighted by atomic mass is 9.93. The fourth-order valence-electron chi connectivity index (χ4n) is 3.64. The molecule has 3 aromatic rings. The maximum absolute atomic E-state index is 13.4. The van der Waals surface area contributed by atoms with E-state index in [1.807, 2.05) is 6.07 Å². The van der Waals surface area contributed by atoms with Crippen LogP contribution in [0.25, 0.3) is 11.1 Å². The van der Waals surface area contributed by atoms with Crippen LogP contribution in [0, 0.1) is 29.3 Å². The zero-order valence-corrected chi connectivity index (χ0v) is 16.9. The molecule has 0 aliphatic heterocycles. The largest absolute Gasteiger partial charge is 0.204 e. The second-order valence-electron chi connectivity index (χ2n) is 7.88. The summed E-state index contributed by atoms with van der Waals surface area (Å²) < 4.78 is 39.9. The first-order chi connectivity index (χ1) is 14.5. The van der Waals surface area contributed by atoms with Crippen molar-refractivity contribution in [2.45, 2.75) is 44.9 Å². The summed E-state index contributed by atoms with van der Waals surface area (Å²) >= 11 is 0. The maximum atomic E-state index is 13.4. The monoisotopic (exact) mass is 404 g/mol. The molecule has 0 atom stereocenters. The predicted octanol–water partition coefficient (Wildman–Crippen LogP) is 7.39. The van der Waals surface area contributed by atoms with Gasteiger partial charge in [0.15, 0.2) is 17.5 Å². The highest BCUT2D eigenvalue weighted by molar-refractivity contribution is 5.70. The molecular weight excluding hydrogens is 381 g/mol. The first-order valence-electron chi connectivity index (χ1n) is 10.4. The van der Waals surface area contributed by atoms with Crippen LogP contribution < -0.4 is 0 Å². The van der Waals surface area contributed by atoms with E-state index in [9.17, 15) is 13.2 Å². The van der Waals surface area contributed by atoms with Crippen molar-refractivity contribution in [3.8, 4) is 23.0 Å². The minimum atomic E-state index is -1.47. The van der Waals surface area contributed by atoms with Gasteiger partial charge in [0.1, 0.15) is 0 Å². The van der Waals surface area contributed by atoms with E-state index in [0.717, 1.165) is 37.0 Å². The van der Waals surface area contributed by atoms with E-state index in [0.29, 0.717) is 5.92 Å². The molecular formula is C27H23F3. The molecule has 1 aliphatic carbocycles. The number of rotatable bonds is 5. The van der Waals surface area contributed by atoms with Gasteiger partial charge >= 0.3 is 0 Å². The van der Waals surface area contributed by atoms with Gasteiger partial charge in [0, 0.05) is 11.1 Å². The van der Waals surface area contributed by atoms with Crippen molar-refractivity contribution in [2.24, 2.45) is 0 Å². The minimum Gasteiger partial charge on any atom is -0.204 e. The summed E-state index contributed by atoms with van der Waals surface area (Å²) in [7, 11) is 0. The Labute approximate surface area is 175 Å². The van der Waals surface area contributed by atoms with Gasteiger partial charge in [0.25, 0.3) is 0 Å². The summed E-state index contributed by atoms with van der Waals surface area (Å²) in [6, 6.07) is 16.7. The second-order valence-corrected chi connectivity index (χ2v) is 7.88. The molecule has 0 N–H and O–H groups in total. The van der Waals surface area contributed by atoms with Crippen molar-refractivity contribution in [3.63, 3.8) is 0 Å². The Morgan fingerprint density at radius 2 is 1.50 bits per heavy atom. The summed E-state index contributed by atoms with van der Waals surface area (Å²) in [5.74, 6) is 2.32. The van der Waals surface area contributed by atoms with Gasteiger partial charge in [-0.1, -0.05) is 55.5 Å². The Hall–Kier alpha value is -2.99. The third kappa shape index (κ3) is 4.60. The molecule has 0 nitrogen and oxygen atoms in total. The molecule has 0 spiro atoms. The van der Waals surface area contributed by atoms with Crippen LogP contribution >= 0.6 is 0 Å². The van der Waals surface area contributed by atoms with Crippen molar-refractivity contribution in [3.05, 3.63) is 94.3 Å². The Morgan fingerprint density at radius 3 is 2.13 bits per heavy atom. The van der Waals surface area contributed by atoms with Crippen LogP contribution in [0.1, 0.15) is 60.8 Å². The number of unbranched alkanes of at least 4 members (excludes halogenated alkanes) is 1. The minimum absolute atomic E-state index is 0.117. The fraction of sp³-hybridized carbons (Fsp3) is 0.259. The van der Waals surface area contributed by atoms with Crippen LogP contribution in [0.15, 0.2) is 54.6 Å². The number of hydrogen-bond donors (Lipinski definition) is 0. The van der Waals surface area contributed by atoms with E-state index in [-0.39, 0.29) is 5.56 Å². The van der Waals surface area contributed by atoms with Crippen molar-refractivity contribution < 1.29 is 13.2 Å². The van der Waals surface area contributed by atoms with Gasteiger partial charge in [-0.05, 0) is 78.1 Å². The Bertz CT molecular complexity index is 1090. The predicted molar refractivity (Wildman–Crippen MR) is 115 cm³/mol. The van der Waals surface area contributed by atoms with Crippen LogP contribution in [0.4, 0.5) is 13.2 Å². The lowest BCUT2D eigenvalue weighted by molar-refractivity contribution is 0.446. The summed E-state index contributed by atoms with van der Waals surface area (Å²) in [6.07, 6.45) is 5.81. The fourth-order valence-corrected chi connectivity index (χ4v) is 3.64. The lowest BCUT2D eigenvalue weighted by Crippen LogP contribution is -1.92. The summed E-state index contributed by atoms with van der Waals surface area (Å²) in [5, 5.41) is 0. The van der Waals surface area contributed by atoms with E-state index < -0.39 is 17.5 Å². The van der Waals surface area contributed by atoms with Gasteiger partial charge in [0.2, 0.25) is 0 Å². The van der Waals surface area contributed by atoms with E-state index in [4.69, 9.17) is 0 Å². The average Bonchev–Trinajstić information content (AvgIpc) is 3.60. The molecule has 0 bridgehead atoms. The molecule has 30 heavy (non-hydrogen) atoms. The SMILES string of the molecule is CCCCc1ccc(-c2ccc(C#Cc3cc(F)c(F)c(F)c3)cc2C2CC2)cc1. The quantitative estimate of drug-likeness (QED) is 0.307. The van der Waals surface area contributed by atoms with E-state index in [1.165, 1.54) is 35.1 Å². The average molecular weight is 404 g/mol. The standard InChI is InChI=1S/C27H23F3/c1-2-3-4-18-7-10-21(11-8-18)23-14-9-19(15-24(23)22-12-13-22)5-6-20-16-25(28)27(30)26(29)17-20/h7-11,14-17,22H,2-4,12-13H2,1H3. The number of hydrogen-bond acceptors (Lipinski definition) is 0. The topological polar surface area (TPSA) is 0 Å². The van der Waals surface area contributed by atoms with Gasteiger partial charge in [-0.15, -0.1) is 0 Å².